The van der Waals surface area contributed by atoms with E-state index in [-0.39, 0.29) is 0 Å². The number of fused-ring (bicyclic) bond motifs is 1. The second-order valence-corrected chi connectivity index (χ2v) is 4.99. The van der Waals surface area contributed by atoms with Gasteiger partial charge in [0, 0.05) is 21.6 Å². The van der Waals surface area contributed by atoms with Crippen molar-refractivity contribution < 1.29 is 4.74 Å². The quantitative estimate of drug-likeness (QED) is 0.570. The van der Waals surface area contributed by atoms with E-state index in [2.05, 4.69) is 36.8 Å². The van der Waals surface area contributed by atoms with Crippen LogP contribution in [0.15, 0.2) is 18.2 Å². The monoisotopic (exact) mass is 377 g/mol. The van der Waals surface area contributed by atoms with Crippen LogP contribution in [0.5, 0.6) is 5.75 Å². The topological polar surface area (TPSA) is 22.1 Å². The molecule has 0 unspecified atom stereocenters. The average molecular weight is 379 g/mol. The van der Waals surface area contributed by atoms with Crippen LogP contribution in [0.25, 0.3) is 10.9 Å². The largest absolute Gasteiger partial charge is 0.497 e. The Bertz CT molecular complexity index is 560. The van der Waals surface area contributed by atoms with E-state index in [1.54, 1.807) is 7.11 Å². The molecule has 2 nitrogen and oxygen atoms in total. The zero-order valence-electron chi connectivity index (χ0n) is 9.14. The van der Waals surface area contributed by atoms with Crippen molar-refractivity contribution in [1.82, 2.24) is 4.98 Å². The fraction of sp³-hybridized carbons (Fsp3) is 0.250. The summed E-state index contributed by atoms with van der Waals surface area (Å²) >= 11 is 13.1. The molecule has 0 saturated heterocycles. The zero-order valence-corrected chi connectivity index (χ0v) is 13.1. The number of pyridine rings is 1. The number of ether oxygens (including phenoxy) is 1. The first kappa shape index (κ1) is 13.1. The molecule has 90 valence electrons. The molecule has 0 amide bonds. The van der Waals surface area contributed by atoms with E-state index < -0.39 is 0 Å². The summed E-state index contributed by atoms with van der Waals surface area (Å²) in [5.41, 5.74) is 3.05. The summed E-state index contributed by atoms with van der Waals surface area (Å²) < 4.78 is 5.24. The smallest absolute Gasteiger partial charge is 0.134 e. The van der Waals surface area contributed by atoms with Crippen LogP contribution in [0, 0.1) is 0 Å². The van der Waals surface area contributed by atoms with Crippen molar-refractivity contribution in [1.29, 1.82) is 0 Å². The van der Waals surface area contributed by atoms with Gasteiger partial charge in [-0.25, -0.2) is 4.98 Å². The summed E-state index contributed by atoms with van der Waals surface area (Å²) in [6.45, 7) is 0. The van der Waals surface area contributed by atoms with E-state index in [0.29, 0.717) is 10.5 Å². The Balaban J connectivity index is 2.80. The third kappa shape index (κ3) is 2.44. The summed E-state index contributed by atoms with van der Waals surface area (Å²) in [6.07, 6.45) is 0. The highest BCUT2D eigenvalue weighted by molar-refractivity contribution is 9.09. The minimum atomic E-state index is 0.550. The lowest BCUT2D eigenvalue weighted by atomic mass is 10.1. The Morgan fingerprint density at radius 2 is 1.94 bits per heavy atom. The van der Waals surface area contributed by atoms with Gasteiger partial charge in [-0.05, 0) is 23.8 Å². The van der Waals surface area contributed by atoms with Gasteiger partial charge in [-0.3, -0.25) is 0 Å². The molecule has 0 saturated carbocycles. The van der Waals surface area contributed by atoms with E-state index >= 15 is 0 Å². The van der Waals surface area contributed by atoms with Gasteiger partial charge < -0.3 is 4.74 Å². The lowest BCUT2D eigenvalue weighted by molar-refractivity contribution is 0.415. The zero-order chi connectivity index (χ0) is 12.4. The Morgan fingerprint density at radius 1 is 1.24 bits per heavy atom. The van der Waals surface area contributed by atoms with Crippen molar-refractivity contribution in [2.45, 2.75) is 10.7 Å². The van der Waals surface area contributed by atoms with Gasteiger partial charge in [-0.15, -0.1) is 0 Å². The number of alkyl halides is 2. The predicted molar refractivity (Wildman–Crippen MR) is 78.6 cm³/mol. The maximum Gasteiger partial charge on any atom is 0.134 e. The number of benzene rings is 1. The molecule has 0 aliphatic rings. The molecule has 0 aliphatic heterocycles. The van der Waals surface area contributed by atoms with Crippen molar-refractivity contribution in [2.24, 2.45) is 0 Å². The second-order valence-electron chi connectivity index (χ2n) is 3.51. The molecule has 1 aromatic heterocycles. The molecular weight excluding hydrogens is 369 g/mol. The van der Waals surface area contributed by atoms with Crippen molar-refractivity contribution in [3.63, 3.8) is 0 Å². The van der Waals surface area contributed by atoms with Crippen molar-refractivity contribution in [3.8, 4) is 5.75 Å². The highest BCUT2D eigenvalue weighted by Crippen LogP contribution is 2.31. The number of rotatable bonds is 3. The molecule has 0 aliphatic carbocycles. The minimum absolute atomic E-state index is 0.550. The van der Waals surface area contributed by atoms with Crippen molar-refractivity contribution in [3.05, 3.63) is 34.5 Å². The molecule has 5 heteroatoms. The van der Waals surface area contributed by atoms with Crippen LogP contribution in [0.1, 0.15) is 11.1 Å². The van der Waals surface area contributed by atoms with Crippen LogP contribution in [0.3, 0.4) is 0 Å². The van der Waals surface area contributed by atoms with Gasteiger partial charge in [0.25, 0.3) is 0 Å². The number of aromatic nitrogens is 1. The molecule has 0 atom stereocenters. The van der Waals surface area contributed by atoms with Crippen molar-refractivity contribution in [2.75, 3.05) is 7.11 Å². The summed E-state index contributed by atoms with van der Waals surface area (Å²) in [7, 11) is 1.66. The normalized spacial score (nSPS) is 10.8. The molecule has 0 spiro atoms. The fourth-order valence-corrected chi connectivity index (χ4v) is 3.41. The van der Waals surface area contributed by atoms with E-state index in [1.165, 1.54) is 0 Å². The van der Waals surface area contributed by atoms with E-state index in [0.717, 1.165) is 33.1 Å². The highest BCUT2D eigenvalue weighted by Gasteiger charge is 2.12. The molecule has 2 rings (SSSR count). The van der Waals surface area contributed by atoms with Gasteiger partial charge in [-0.2, -0.15) is 0 Å². The lowest BCUT2D eigenvalue weighted by Gasteiger charge is -2.11. The standard InChI is InChI=1S/C12H10Br2ClNO/c1-17-7-2-3-11-8(4-7)9(5-13)10(6-14)12(15)16-11/h2-4H,5-6H2,1H3. The summed E-state index contributed by atoms with van der Waals surface area (Å²) in [5, 5.41) is 3.04. The fourth-order valence-electron chi connectivity index (χ4n) is 1.73. The maximum absolute atomic E-state index is 6.17. The third-order valence-electron chi connectivity index (χ3n) is 2.63. The molecule has 0 N–H and O–H groups in total. The van der Waals surface area contributed by atoms with E-state index in [4.69, 9.17) is 16.3 Å². The van der Waals surface area contributed by atoms with Gasteiger partial charge in [0.15, 0.2) is 0 Å². The van der Waals surface area contributed by atoms with E-state index in [9.17, 15) is 0 Å². The first-order valence-electron chi connectivity index (χ1n) is 4.98. The summed E-state index contributed by atoms with van der Waals surface area (Å²) in [6, 6.07) is 5.79. The van der Waals surface area contributed by atoms with Crippen LogP contribution in [-0.4, -0.2) is 12.1 Å². The summed E-state index contributed by atoms with van der Waals surface area (Å²) in [4.78, 5) is 4.39. The molecular formula is C12H10Br2ClNO. The molecule has 1 heterocycles. The number of methoxy groups -OCH3 is 1. The number of hydrogen-bond acceptors (Lipinski definition) is 2. The molecule has 1 aromatic carbocycles. The predicted octanol–water partition coefficient (Wildman–Crippen LogP) is 4.69. The third-order valence-corrected chi connectivity index (χ3v) is 4.06. The Labute approximate surface area is 122 Å². The first-order chi connectivity index (χ1) is 8.21. The van der Waals surface area contributed by atoms with Crippen LogP contribution >= 0.6 is 43.5 Å². The number of nitrogens with zero attached hydrogens (tertiary/aromatic N) is 1. The molecule has 17 heavy (non-hydrogen) atoms. The van der Waals surface area contributed by atoms with Gasteiger partial charge in [0.1, 0.15) is 10.9 Å². The van der Waals surface area contributed by atoms with Crippen LogP contribution < -0.4 is 4.74 Å². The molecule has 0 radical (unpaired) electrons. The lowest BCUT2D eigenvalue weighted by Crippen LogP contribution is -1.96. The minimum Gasteiger partial charge on any atom is -0.497 e. The highest BCUT2D eigenvalue weighted by atomic mass is 79.9. The van der Waals surface area contributed by atoms with Gasteiger partial charge in [-0.1, -0.05) is 43.5 Å². The SMILES string of the molecule is COc1ccc2nc(Cl)c(CBr)c(CBr)c2c1. The van der Waals surface area contributed by atoms with E-state index in [1.807, 2.05) is 18.2 Å². The van der Waals surface area contributed by atoms with Gasteiger partial charge in [0.2, 0.25) is 0 Å². The maximum atomic E-state index is 6.17. The van der Waals surface area contributed by atoms with Crippen LogP contribution in [0.2, 0.25) is 5.15 Å². The number of halogens is 3. The molecule has 2 aromatic rings. The summed E-state index contributed by atoms with van der Waals surface area (Å²) in [5.74, 6) is 0.823. The number of hydrogen-bond donors (Lipinski definition) is 0. The second kappa shape index (κ2) is 5.55. The first-order valence-corrected chi connectivity index (χ1v) is 7.60. The molecule has 0 bridgehead atoms. The molecule has 0 fully saturated rings. The van der Waals surface area contributed by atoms with Crippen LogP contribution in [-0.2, 0) is 10.7 Å². The van der Waals surface area contributed by atoms with Crippen LogP contribution in [0.4, 0.5) is 0 Å². The Morgan fingerprint density at radius 3 is 2.53 bits per heavy atom. The van der Waals surface area contributed by atoms with Gasteiger partial charge in [0.05, 0.1) is 12.6 Å². The van der Waals surface area contributed by atoms with Crippen molar-refractivity contribution >= 4 is 54.4 Å². The average Bonchev–Trinajstić information content (AvgIpc) is 2.36. The Hall–Kier alpha value is -0.320. The van der Waals surface area contributed by atoms with Gasteiger partial charge >= 0.3 is 0 Å². The Kier molecular flexibility index (Phi) is 4.28.